The summed E-state index contributed by atoms with van der Waals surface area (Å²) in [6.45, 7) is 9.89. The number of nitrogens with zero attached hydrogens (tertiary/aromatic N) is 2. The van der Waals surface area contributed by atoms with Crippen molar-refractivity contribution in [3.05, 3.63) is 21.3 Å². The third-order valence-corrected chi connectivity index (χ3v) is 5.17. The van der Waals surface area contributed by atoms with Crippen LogP contribution in [-0.2, 0) is 0 Å². The molecule has 0 amide bonds. The summed E-state index contributed by atoms with van der Waals surface area (Å²) in [6, 6.07) is 3.68. The number of hydrogen-bond donors (Lipinski definition) is 2. The van der Waals surface area contributed by atoms with E-state index in [1.807, 2.05) is 12.1 Å². The van der Waals surface area contributed by atoms with Crippen LogP contribution in [0.2, 0.25) is 4.34 Å². The average molecular weight is 472 g/mol. The lowest BCUT2D eigenvalue weighted by molar-refractivity contribution is 0.186. The van der Waals surface area contributed by atoms with Gasteiger partial charge in [0.05, 0.1) is 10.9 Å². The average Bonchev–Trinajstić information content (AvgIpc) is 2.88. The molecule has 1 saturated heterocycles. The smallest absolute Gasteiger partial charge is 0.194 e. The van der Waals surface area contributed by atoms with Crippen LogP contribution in [0, 0.1) is 11.8 Å². The van der Waals surface area contributed by atoms with Crippen LogP contribution in [0.15, 0.2) is 17.1 Å². The number of hydrogen-bond acceptors (Lipinski definition) is 3. The molecule has 132 valence electrons. The Morgan fingerprint density at radius 1 is 1.43 bits per heavy atom. The van der Waals surface area contributed by atoms with Gasteiger partial charge in [-0.05, 0) is 37.3 Å². The predicted octanol–water partition coefficient (Wildman–Crippen LogP) is 4.00. The molecule has 23 heavy (non-hydrogen) atoms. The van der Waals surface area contributed by atoms with Crippen LogP contribution >= 0.6 is 46.9 Å². The molecule has 0 saturated carbocycles. The molecule has 7 heteroatoms. The van der Waals surface area contributed by atoms with Gasteiger partial charge in [-0.2, -0.15) is 0 Å². The minimum Gasteiger partial charge on any atom is -0.386 e. The minimum absolute atomic E-state index is 0. The summed E-state index contributed by atoms with van der Waals surface area (Å²) in [5.41, 5.74) is 0. The van der Waals surface area contributed by atoms with Crippen LogP contribution < -0.4 is 5.32 Å². The summed E-state index contributed by atoms with van der Waals surface area (Å²) in [7, 11) is 0. The molecule has 1 aromatic heterocycles. The summed E-state index contributed by atoms with van der Waals surface area (Å²) in [5, 5.41) is 13.6. The first kappa shape index (κ1) is 21.0. The van der Waals surface area contributed by atoms with Gasteiger partial charge in [0.25, 0.3) is 0 Å². The van der Waals surface area contributed by atoms with E-state index in [0.29, 0.717) is 22.7 Å². The fourth-order valence-electron chi connectivity index (χ4n) is 3.03. The van der Waals surface area contributed by atoms with Gasteiger partial charge in [0.2, 0.25) is 0 Å². The first-order valence-corrected chi connectivity index (χ1v) is 9.15. The molecular weight excluding hydrogens is 445 g/mol. The molecule has 0 bridgehead atoms. The van der Waals surface area contributed by atoms with Crippen LogP contribution in [-0.4, -0.2) is 42.1 Å². The van der Waals surface area contributed by atoms with E-state index in [2.05, 4.69) is 36.0 Å². The van der Waals surface area contributed by atoms with Crippen molar-refractivity contribution >= 4 is 52.9 Å². The van der Waals surface area contributed by atoms with E-state index in [9.17, 15) is 5.11 Å². The molecule has 2 N–H and O–H groups in total. The zero-order valence-corrected chi connectivity index (χ0v) is 17.9. The second-order valence-electron chi connectivity index (χ2n) is 6.20. The third-order valence-electron chi connectivity index (χ3n) is 3.84. The number of rotatable bonds is 4. The Balaban J connectivity index is 0.00000264. The lowest BCUT2D eigenvalue weighted by atomic mass is 9.92. The number of aliphatic hydroxyl groups excluding tert-OH is 1. The number of nitrogens with one attached hydrogen (secondary N) is 1. The number of piperidine rings is 1. The number of aliphatic imine (C=N–C) groups is 1. The maximum atomic E-state index is 10.3. The van der Waals surface area contributed by atoms with Gasteiger partial charge in [-0.15, -0.1) is 35.3 Å². The lowest BCUT2D eigenvalue weighted by Crippen LogP contribution is -2.48. The minimum atomic E-state index is -0.592. The molecule has 0 aromatic carbocycles. The molecule has 0 radical (unpaired) electrons. The van der Waals surface area contributed by atoms with E-state index < -0.39 is 6.10 Å². The summed E-state index contributed by atoms with van der Waals surface area (Å²) >= 11 is 7.33. The number of aliphatic hydroxyl groups is 1. The monoisotopic (exact) mass is 471 g/mol. The van der Waals surface area contributed by atoms with Crippen LogP contribution in [0.4, 0.5) is 0 Å². The Bertz CT molecular complexity index is 501. The fraction of sp³-hybridized carbons (Fsp3) is 0.688. The van der Waals surface area contributed by atoms with Crippen LogP contribution in [0.25, 0.3) is 0 Å². The quantitative estimate of drug-likeness (QED) is 0.396. The zero-order chi connectivity index (χ0) is 16.1. The van der Waals surface area contributed by atoms with E-state index in [1.54, 1.807) is 0 Å². The van der Waals surface area contributed by atoms with Crippen molar-refractivity contribution in [2.75, 3.05) is 26.2 Å². The largest absolute Gasteiger partial charge is 0.386 e. The summed E-state index contributed by atoms with van der Waals surface area (Å²) in [5.74, 6) is 2.25. The van der Waals surface area contributed by atoms with Gasteiger partial charge in [0.1, 0.15) is 6.10 Å². The molecule has 4 nitrogen and oxygen atoms in total. The first-order valence-electron chi connectivity index (χ1n) is 7.96. The number of thiophene rings is 1. The zero-order valence-electron chi connectivity index (χ0n) is 14.0. The van der Waals surface area contributed by atoms with Crippen LogP contribution in [0.5, 0.6) is 0 Å². The van der Waals surface area contributed by atoms with Crippen molar-refractivity contribution < 1.29 is 5.11 Å². The van der Waals surface area contributed by atoms with Crippen molar-refractivity contribution in [3.63, 3.8) is 0 Å². The molecule has 1 aliphatic rings. The molecule has 3 atom stereocenters. The van der Waals surface area contributed by atoms with E-state index in [0.717, 1.165) is 30.5 Å². The van der Waals surface area contributed by atoms with Gasteiger partial charge in [0.15, 0.2) is 5.96 Å². The van der Waals surface area contributed by atoms with Crippen LogP contribution in [0.3, 0.4) is 0 Å². The van der Waals surface area contributed by atoms with E-state index in [4.69, 9.17) is 11.6 Å². The molecule has 1 aromatic rings. The maximum absolute atomic E-state index is 10.3. The highest BCUT2D eigenvalue weighted by atomic mass is 127. The Kier molecular flexibility index (Phi) is 9.18. The van der Waals surface area contributed by atoms with Crippen molar-refractivity contribution in [1.29, 1.82) is 0 Å². The van der Waals surface area contributed by atoms with Crippen molar-refractivity contribution in [2.24, 2.45) is 16.8 Å². The van der Waals surface area contributed by atoms with Crippen LogP contribution in [0.1, 0.15) is 38.2 Å². The number of halogens is 2. The maximum Gasteiger partial charge on any atom is 0.194 e. The topological polar surface area (TPSA) is 47.9 Å². The molecule has 2 rings (SSSR count). The fourth-order valence-corrected chi connectivity index (χ4v) is 4.07. The van der Waals surface area contributed by atoms with Gasteiger partial charge in [-0.1, -0.05) is 25.4 Å². The molecule has 1 fully saturated rings. The molecule has 0 aliphatic carbocycles. The third kappa shape index (κ3) is 6.40. The Hall–Kier alpha value is -0.0500. The predicted molar refractivity (Wildman–Crippen MR) is 110 cm³/mol. The number of guanidine groups is 1. The van der Waals surface area contributed by atoms with Crippen molar-refractivity contribution in [2.45, 2.75) is 33.3 Å². The Morgan fingerprint density at radius 2 is 2.09 bits per heavy atom. The second-order valence-corrected chi connectivity index (χ2v) is 7.95. The standard InChI is InChI=1S/C16H26ClN3OS.HI/c1-4-18-16(20-9-11(2)7-12(3)10-20)19-8-13(21)14-5-6-15(17)22-14;/h5-6,11-13,21H,4,7-10H2,1-3H3,(H,18,19);1H. The SMILES string of the molecule is CCNC(=NCC(O)c1ccc(Cl)s1)N1CC(C)CC(C)C1.I. The number of likely N-dealkylation sites (tertiary alicyclic amines) is 1. The molecule has 2 heterocycles. The van der Waals surface area contributed by atoms with Gasteiger partial charge in [-0.3, -0.25) is 4.99 Å². The summed E-state index contributed by atoms with van der Waals surface area (Å²) < 4.78 is 0.698. The van der Waals surface area contributed by atoms with E-state index in [1.165, 1.54) is 17.8 Å². The molecular formula is C16H27ClIN3OS. The first-order chi connectivity index (χ1) is 10.5. The Morgan fingerprint density at radius 3 is 2.61 bits per heavy atom. The lowest BCUT2D eigenvalue weighted by Gasteiger charge is -2.37. The van der Waals surface area contributed by atoms with Gasteiger partial charge >= 0.3 is 0 Å². The highest BCUT2D eigenvalue weighted by molar-refractivity contribution is 14.0. The normalized spacial score (nSPS) is 23.3. The molecule has 1 aliphatic heterocycles. The van der Waals surface area contributed by atoms with Gasteiger partial charge < -0.3 is 15.3 Å². The molecule has 3 unspecified atom stereocenters. The van der Waals surface area contributed by atoms with E-state index in [-0.39, 0.29) is 24.0 Å². The van der Waals surface area contributed by atoms with Crippen molar-refractivity contribution in [1.82, 2.24) is 10.2 Å². The van der Waals surface area contributed by atoms with Crippen molar-refractivity contribution in [3.8, 4) is 0 Å². The van der Waals surface area contributed by atoms with Gasteiger partial charge in [-0.25, -0.2) is 0 Å². The second kappa shape index (κ2) is 10.1. The molecule has 0 spiro atoms. The highest BCUT2D eigenvalue weighted by Gasteiger charge is 2.24. The van der Waals surface area contributed by atoms with E-state index >= 15 is 0 Å². The summed E-state index contributed by atoms with van der Waals surface area (Å²) in [4.78, 5) is 7.82. The Labute approximate surface area is 165 Å². The highest BCUT2D eigenvalue weighted by Crippen LogP contribution is 2.27. The summed E-state index contributed by atoms with van der Waals surface area (Å²) in [6.07, 6.45) is 0.678. The van der Waals surface area contributed by atoms with Gasteiger partial charge in [0, 0.05) is 24.5 Å².